The molecule has 0 aliphatic heterocycles. The summed E-state index contributed by atoms with van der Waals surface area (Å²) in [6.45, 7) is 0.474. The van der Waals surface area contributed by atoms with Crippen molar-refractivity contribution >= 4 is 21.9 Å². The summed E-state index contributed by atoms with van der Waals surface area (Å²) in [4.78, 5) is 15.8. The number of aromatic nitrogens is 1. The molecule has 0 saturated carbocycles. The average Bonchev–Trinajstić information content (AvgIpc) is 3.15. The maximum Gasteiger partial charge on any atom is 0.338 e. The van der Waals surface area contributed by atoms with E-state index in [-0.39, 0.29) is 6.61 Å². The number of carbonyl (C=O) groups is 1. The van der Waals surface area contributed by atoms with Gasteiger partial charge in [0, 0.05) is 10.0 Å². The highest BCUT2D eigenvalue weighted by atomic mass is 79.9. The smallest absolute Gasteiger partial charge is 0.338 e. The molecule has 0 saturated heterocycles. The van der Waals surface area contributed by atoms with Gasteiger partial charge in [-0.25, -0.2) is 9.78 Å². The van der Waals surface area contributed by atoms with Gasteiger partial charge in [-0.15, -0.1) is 0 Å². The third-order valence-electron chi connectivity index (χ3n) is 3.24. The number of hydrogen-bond donors (Lipinski definition) is 0. The molecule has 0 bridgehead atoms. The van der Waals surface area contributed by atoms with Crippen LogP contribution in [0.2, 0.25) is 0 Å². The van der Waals surface area contributed by atoms with Crippen LogP contribution in [-0.2, 0) is 4.74 Å². The molecule has 6 heteroatoms. The van der Waals surface area contributed by atoms with Gasteiger partial charge in [-0.05, 0) is 36.4 Å². The molecule has 0 fully saturated rings. The van der Waals surface area contributed by atoms with Crippen LogP contribution in [0.1, 0.15) is 10.4 Å². The van der Waals surface area contributed by atoms with Crippen LogP contribution in [-0.4, -0.2) is 24.2 Å². The molecule has 0 radical (unpaired) electrons. The number of oxazole rings is 1. The first-order chi connectivity index (χ1) is 11.7. The Labute approximate surface area is 147 Å². The van der Waals surface area contributed by atoms with Crippen molar-refractivity contribution in [2.45, 2.75) is 0 Å². The zero-order chi connectivity index (χ0) is 16.8. The first-order valence-electron chi connectivity index (χ1n) is 7.27. The summed E-state index contributed by atoms with van der Waals surface area (Å²) >= 11 is 3.36. The zero-order valence-corrected chi connectivity index (χ0v) is 14.2. The number of halogens is 1. The van der Waals surface area contributed by atoms with E-state index in [2.05, 4.69) is 20.9 Å². The first-order valence-corrected chi connectivity index (χ1v) is 8.06. The monoisotopic (exact) mass is 387 g/mol. The lowest BCUT2D eigenvalue weighted by atomic mass is 10.1. The number of rotatable bonds is 6. The maximum absolute atomic E-state index is 12.0. The highest BCUT2D eigenvalue weighted by molar-refractivity contribution is 9.10. The highest BCUT2D eigenvalue weighted by Crippen LogP contribution is 2.19. The predicted molar refractivity (Wildman–Crippen MR) is 91.9 cm³/mol. The fourth-order valence-electron chi connectivity index (χ4n) is 2.04. The van der Waals surface area contributed by atoms with Crippen molar-refractivity contribution in [3.05, 3.63) is 71.2 Å². The van der Waals surface area contributed by atoms with Crippen LogP contribution in [0.25, 0.3) is 11.3 Å². The number of nitrogens with zero attached hydrogens (tertiary/aromatic N) is 1. The Morgan fingerprint density at radius 2 is 1.79 bits per heavy atom. The molecule has 0 amide bonds. The Hall–Kier alpha value is -2.60. The molecule has 0 N–H and O–H groups in total. The maximum atomic E-state index is 12.0. The van der Waals surface area contributed by atoms with Crippen LogP contribution < -0.4 is 4.74 Å². The van der Waals surface area contributed by atoms with Crippen molar-refractivity contribution < 1.29 is 18.7 Å². The lowest BCUT2D eigenvalue weighted by Gasteiger charge is -2.07. The van der Waals surface area contributed by atoms with Gasteiger partial charge in [0.15, 0.2) is 12.2 Å². The van der Waals surface area contributed by atoms with Crippen LogP contribution in [0.5, 0.6) is 5.75 Å². The molecule has 122 valence electrons. The number of carbonyl (C=O) groups excluding carboxylic acids is 1. The van der Waals surface area contributed by atoms with Crippen molar-refractivity contribution in [1.82, 2.24) is 4.98 Å². The van der Waals surface area contributed by atoms with E-state index < -0.39 is 5.97 Å². The Morgan fingerprint density at radius 3 is 2.46 bits per heavy atom. The predicted octanol–water partition coefficient (Wildman–Crippen LogP) is 4.34. The third kappa shape index (κ3) is 4.23. The number of benzene rings is 2. The SMILES string of the molecule is O=C(OCCOc1ccc(Br)cc1)c1ccc(-c2cnco2)cc1. The summed E-state index contributed by atoms with van der Waals surface area (Å²) in [6, 6.07) is 14.4. The van der Waals surface area contributed by atoms with Gasteiger partial charge in [-0.2, -0.15) is 0 Å². The standard InChI is InChI=1S/C18H14BrNO4/c19-15-5-7-16(8-6-15)22-9-10-23-18(21)14-3-1-13(2-4-14)17-11-20-12-24-17/h1-8,11-12H,9-10H2. The Morgan fingerprint density at radius 1 is 1.04 bits per heavy atom. The molecular formula is C18H14BrNO4. The van der Waals surface area contributed by atoms with Crippen LogP contribution in [0.15, 0.2) is 70.0 Å². The highest BCUT2D eigenvalue weighted by Gasteiger charge is 2.08. The van der Waals surface area contributed by atoms with E-state index in [0.717, 1.165) is 15.8 Å². The number of hydrogen-bond acceptors (Lipinski definition) is 5. The van der Waals surface area contributed by atoms with Crippen molar-refractivity contribution in [2.24, 2.45) is 0 Å². The summed E-state index contributed by atoms with van der Waals surface area (Å²) < 4.78 is 16.9. The second kappa shape index (κ2) is 7.79. The van der Waals surface area contributed by atoms with E-state index in [9.17, 15) is 4.79 Å². The fourth-order valence-corrected chi connectivity index (χ4v) is 2.30. The van der Waals surface area contributed by atoms with Crippen molar-refractivity contribution in [1.29, 1.82) is 0 Å². The van der Waals surface area contributed by atoms with Gasteiger partial charge in [0.25, 0.3) is 0 Å². The van der Waals surface area contributed by atoms with Gasteiger partial charge in [-0.1, -0.05) is 28.1 Å². The molecule has 0 aliphatic carbocycles. The van der Waals surface area contributed by atoms with Crippen molar-refractivity contribution in [3.63, 3.8) is 0 Å². The second-order valence-electron chi connectivity index (χ2n) is 4.88. The van der Waals surface area contributed by atoms with Crippen LogP contribution in [0, 0.1) is 0 Å². The zero-order valence-electron chi connectivity index (χ0n) is 12.6. The quantitative estimate of drug-likeness (QED) is 0.465. The molecule has 0 aliphatic rings. The summed E-state index contributed by atoms with van der Waals surface area (Å²) in [5.41, 5.74) is 1.32. The van der Waals surface area contributed by atoms with E-state index in [1.54, 1.807) is 30.5 Å². The number of esters is 1. The Balaban J connectivity index is 1.47. The van der Waals surface area contributed by atoms with E-state index in [1.165, 1.54) is 6.39 Å². The molecule has 24 heavy (non-hydrogen) atoms. The second-order valence-corrected chi connectivity index (χ2v) is 5.80. The van der Waals surface area contributed by atoms with E-state index in [1.807, 2.05) is 24.3 Å². The molecule has 3 rings (SSSR count). The molecule has 0 spiro atoms. The fraction of sp³-hybridized carbons (Fsp3) is 0.111. The minimum Gasteiger partial charge on any atom is -0.490 e. The largest absolute Gasteiger partial charge is 0.490 e. The van der Waals surface area contributed by atoms with Crippen molar-refractivity contribution in [2.75, 3.05) is 13.2 Å². The lowest BCUT2D eigenvalue weighted by molar-refractivity contribution is 0.0450. The molecule has 0 atom stereocenters. The summed E-state index contributed by atoms with van der Waals surface area (Å²) in [5, 5.41) is 0. The molecule has 1 heterocycles. The summed E-state index contributed by atoms with van der Waals surface area (Å²) in [7, 11) is 0. The molecule has 5 nitrogen and oxygen atoms in total. The van der Waals surface area contributed by atoms with Gasteiger partial charge in [0.1, 0.15) is 19.0 Å². The summed E-state index contributed by atoms with van der Waals surface area (Å²) in [6.07, 6.45) is 2.98. The van der Waals surface area contributed by atoms with Crippen LogP contribution in [0.4, 0.5) is 0 Å². The average molecular weight is 388 g/mol. The number of ether oxygens (including phenoxy) is 2. The minimum atomic E-state index is -0.390. The van der Waals surface area contributed by atoms with Crippen LogP contribution >= 0.6 is 15.9 Å². The molecule has 3 aromatic rings. The Kier molecular flexibility index (Phi) is 5.28. The van der Waals surface area contributed by atoms with E-state index in [4.69, 9.17) is 13.9 Å². The minimum absolute atomic E-state index is 0.179. The van der Waals surface area contributed by atoms with E-state index >= 15 is 0 Å². The van der Waals surface area contributed by atoms with Gasteiger partial charge in [0.05, 0.1) is 11.8 Å². The topological polar surface area (TPSA) is 61.6 Å². The van der Waals surface area contributed by atoms with Gasteiger partial charge < -0.3 is 13.9 Å². The van der Waals surface area contributed by atoms with Crippen LogP contribution in [0.3, 0.4) is 0 Å². The van der Waals surface area contributed by atoms with Gasteiger partial charge in [-0.3, -0.25) is 0 Å². The molecule has 1 aromatic heterocycles. The van der Waals surface area contributed by atoms with Crippen molar-refractivity contribution in [3.8, 4) is 17.1 Å². The van der Waals surface area contributed by atoms with Gasteiger partial charge in [0.2, 0.25) is 0 Å². The molecule has 0 unspecified atom stereocenters. The first kappa shape index (κ1) is 16.3. The van der Waals surface area contributed by atoms with Gasteiger partial charge >= 0.3 is 5.97 Å². The lowest BCUT2D eigenvalue weighted by Crippen LogP contribution is -2.12. The molecular weight excluding hydrogens is 374 g/mol. The molecule has 2 aromatic carbocycles. The third-order valence-corrected chi connectivity index (χ3v) is 3.76. The van der Waals surface area contributed by atoms with E-state index in [0.29, 0.717) is 17.9 Å². The summed E-state index contributed by atoms with van der Waals surface area (Å²) in [5.74, 6) is 0.988. The Bertz CT molecular complexity index is 783. The normalized spacial score (nSPS) is 10.4.